The highest BCUT2D eigenvalue weighted by Gasteiger charge is 1.94. The molecule has 0 aromatic heterocycles. The van der Waals surface area contributed by atoms with E-state index in [1.807, 2.05) is 49.3 Å². The van der Waals surface area contributed by atoms with Crippen LogP contribution in [0.1, 0.15) is 5.56 Å². The second kappa shape index (κ2) is 7.22. The van der Waals surface area contributed by atoms with Gasteiger partial charge in [0, 0.05) is 19.8 Å². The summed E-state index contributed by atoms with van der Waals surface area (Å²) in [5, 5.41) is 2.80. The van der Waals surface area contributed by atoms with E-state index in [0.717, 1.165) is 5.69 Å². The van der Waals surface area contributed by atoms with Crippen LogP contribution >= 0.6 is 0 Å². The summed E-state index contributed by atoms with van der Waals surface area (Å²) in [6.45, 7) is 2.08. The molecule has 0 bridgehead atoms. The average Bonchev–Trinajstić information content (AvgIpc) is 2.40. The Morgan fingerprint density at radius 3 is 1.78 bits per heavy atom. The van der Waals surface area contributed by atoms with Crippen LogP contribution < -0.4 is 4.90 Å². The van der Waals surface area contributed by atoms with Crippen LogP contribution in [0.15, 0.2) is 59.8 Å². The van der Waals surface area contributed by atoms with Crippen LogP contribution in [0.4, 0.5) is 11.4 Å². The van der Waals surface area contributed by atoms with Crippen molar-refractivity contribution < 1.29 is 0 Å². The van der Waals surface area contributed by atoms with Crippen molar-refractivity contribution in [3.8, 4) is 0 Å². The SMILES string of the molecule is CN(C)c1ccc(N=O)cc1.Cc1ccccc1. The minimum Gasteiger partial charge on any atom is -0.378 e. The molecular weight excluding hydrogens is 224 g/mol. The number of hydrogen-bond donors (Lipinski definition) is 0. The van der Waals surface area contributed by atoms with Gasteiger partial charge in [0.05, 0.1) is 0 Å². The van der Waals surface area contributed by atoms with Crippen LogP contribution in [0, 0.1) is 11.8 Å². The van der Waals surface area contributed by atoms with Crippen LogP contribution in [0.3, 0.4) is 0 Å². The first kappa shape index (κ1) is 13.9. The molecule has 0 aliphatic carbocycles. The predicted octanol–water partition coefficient (Wildman–Crippen LogP) is 4.15. The second-order valence-electron chi connectivity index (χ2n) is 4.16. The molecule has 0 fully saturated rings. The number of anilines is 1. The third-order valence-corrected chi connectivity index (χ3v) is 2.41. The number of benzene rings is 2. The van der Waals surface area contributed by atoms with Gasteiger partial charge in [0.2, 0.25) is 0 Å². The topological polar surface area (TPSA) is 32.7 Å². The van der Waals surface area contributed by atoms with Crippen LogP contribution in [0.5, 0.6) is 0 Å². The number of rotatable bonds is 2. The fourth-order valence-electron chi connectivity index (χ4n) is 1.35. The zero-order valence-corrected chi connectivity index (χ0v) is 11.0. The molecule has 0 atom stereocenters. The maximum atomic E-state index is 10.0. The highest BCUT2D eigenvalue weighted by atomic mass is 16.3. The fraction of sp³-hybridized carbons (Fsp3) is 0.200. The Morgan fingerprint density at radius 2 is 1.44 bits per heavy atom. The van der Waals surface area contributed by atoms with Crippen LogP contribution in [-0.4, -0.2) is 14.1 Å². The summed E-state index contributed by atoms with van der Waals surface area (Å²) in [4.78, 5) is 12.0. The number of nitrogens with zero attached hydrogens (tertiary/aromatic N) is 2. The van der Waals surface area contributed by atoms with Gasteiger partial charge in [0.1, 0.15) is 5.69 Å². The summed E-state index contributed by atoms with van der Waals surface area (Å²) in [5.41, 5.74) is 2.86. The van der Waals surface area contributed by atoms with Gasteiger partial charge in [0.15, 0.2) is 0 Å². The van der Waals surface area contributed by atoms with Gasteiger partial charge < -0.3 is 4.90 Å². The maximum absolute atomic E-state index is 10.0. The minimum atomic E-state index is 0.468. The van der Waals surface area contributed by atoms with Crippen LogP contribution in [-0.2, 0) is 0 Å². The zero-order chi connectivity index (χ0) is 13.4. The Balaban J connectivity index is 0.000000199. The van der Waals surface area contributed by atoms with Crippen molar-refractivity contribution in [3.63, 3.8) is 0 Å². The van der Waals surface area contributed by atoms with Crippen LogP contribution in [0.25, 0.3) is 0 Å². The predicted molar refractivity (Wildman–Crippen MR) is 77.4 cm³/mol. The first-order chi connectivity index (χ1) is 8.63. The highest BCUT2D eigenvalue weighted by molar-refractivity contribution is 5.51. The van der Waals surface area contributed by atoms with Crippen molar-refractivity contribution in [1.82, 2.24) is 0 Å². The molecule has 3 nitrogen and oxygen atoms in total. The third-order valence-electron chi connectivity index (χ3n) is 2.41. The minimum absolute atomic E-state index is 0.468. The van der Waals surface area contributed by atoms with E-state index in [-0.39, 0.29) is 0 Å². The molecule has 0 saturated carbocycles. The van der Waals surface area contributed by atoms with Crippen molar-refractivity contribution in [3.05, 3.63) is 65.1 Å². The second-order valence-corrected chi connectivity index (χ2v) is 4.16. The normalized spacial score (nSPS) is 9.06. The Hall–Kier alpha value is -2.16. The summed E-state index contributed by atoms with van der Waals surface area (Å²) >= 11 is 0. The molecule has 0 N–H and O–H groups in total. The lowest BCUT2D eigenvalue weighted by atomic mass is 10.2. The molecule has 0 amide bonds. The summed E-state index contributed by atoms with van der Waals surface area (Å²) < 4.78 is 0. The van der Waals surface area contributed by atoms with E-state index in [0.29, 0.717) is 5.69 Å². The Bertz CT molecular complexity index is 464. The van der Waals surface area contributed by atoms with Gasteiger partial charge in [0.25, 0.3) is 0 Å². The van der Waals surface area contributed by atoms with E-state index in [1.165, 1.54) is 5.56 Å². The smallest absolute Gasteiger partial charge is 0.108 e. The van der Waals surface area contributed by atoms with E-state index in [4.69, 9.17) is 0 Å². The van der Waals surface area contributed by atoms with Gasteiger partial charge >= 0.3 is 0 Å². The van der Waals surface area contributed by atoms with E-state index < -0.39 is 0 Å². The van der Waals surface area contributed by atoms with E-state index >= 15 is 0 Å². The largest absolute Gasteiger partial charge is 0.378 e. The van der Waals surface area contributed by atoms with Gasteiger partial charge in [-0.2, -0.15) is 0 Å². The molecule has 18 heavy (non-hydrogen) atoms. The van der Waals surface area contributed by atoms with Crippen molar-refractivity contribution in [2.75, 3.05) is 19.0 Å². The third kappa shape index (κ3) is 4.78. The monoisotopic (exact) mass is 242 g/mol. The first-order valence-corrected chi connectivity index (χ1v) is 5.76. The molecule has 2 aromatic carbocycles. The van der Waals surface area contributed by atoms with Crippen molar-refractivity contribution in [2.45, 2.75) is 6.92 Å². The molecule has 0 aliphatic heterocycles. The number of nitroso groups, excluding NO2 is 1. The number of hydrogen-bond acceptors (Lipinski definition) is 3. The quantitative estimate of drug-likeness (QED) is 0.741. The molecule has 0 heterocycles. The van der Waals surface area contributed by atoms with E-state index in [9.17, 15) is 4.91 Å². The Kier molecular flexibility index (Phi) is 5.58. The summed E-state index contributed by atoms with van der Waals surface area (Å²) in [6.07, 6.45) is 0. The van der Waals surface area contributed by atoms with E-state index in [2.05, 4.69) is 24.2 Å². The highest BCUT2D eigenvalue weighted by Crippen LogP contribution is 2.17. The van der Waals surface area contributed by atoms with Gasteiger partial charge in [-0.05, 0) is 36.4 Å². The molecule has 2 rings (SSSR count). The number of aryl methyl sites for hydroxylation is 1. The van der Waals surface area contributed by atoms with Gasteiger partial charge in [-0.25, -0.2) is 0 Å². The van der Waals surface area contributed by atoms with E-state index in [1.54, 1.807) is 12.1 Å². The van der Waals surface area contributed by atoms with Crippen molar-refractivity contribution >= 4 is 11.4 Å². The lowest BCUT2D eigenvalue weighted by Crippen LogP contribution is -2.07. The fourth-order valence-corrected chi connectivity index (χ4v) is 1.35. The maximum Gasteiger partial charge on any atom is 0.108 e. The van der Waals surface area contributed by atoms with Gasteiger partial charge in [-0.3, -0.25) is 0 Å². The summed E-state index contributed by atoms with van der Waals surface area (Å²) in [6, 6.07) is 17.4. The molecule has 0 spiro atoms. The molecule has 0 radical (unpaired) electrons. The molecule has 0 unspecified atom stereocenters. The molecule has 2 aromatic rings. The van der Waals surface area contributed by atoms with Gasteiger partial charge in [-0.15, -0.1) is 4.91 Å². The molecule has 0 aliphatic rings. The Morgan fingerprint density at radius 1 is 0.889 bits per heavy atom. The molecule has 3 heteroatoms. The van der Waals surface area contributed by atoms with Crippen molar-refractivity contribution in [1.29, 1.82) is 0 Å². The molecular formula is C15H18N2O. The standard InChI is InChI=1S/C8H10N2O.C7H8/c1-10(2)8-5-3-7(9-11)4-6-8;1-7-5-3-2-4-6-7/h3-6H,1-2H3;2-6H,1H3. The van der Waals surface area contributed by atoms with Crippen molar-refractivity contribution in [2.24, 2.45) is 5.18 Å². The average molecular weight is 242 g/mol. The molecule has 94 valence electrons. The molecule has 0 saturated heterocycles. The zero-order valence-electron chi connectivity index (χ0n) is 11.0. The lowest BCUT2D eigenvalue weighted by molar-refractivity contribution is 1.13. The van der Waals surface area contributed by atoms with Crippen LogP contribution in [0.2, 0.25) is 0 Å². The summed E-state index contributed by atoms with van der Waals surface area (Å²) in [7, 11) is 3.90. The van der Waals surface area contributed by atoms with Gasteiger partial charge in [-0.1, -0.05) is 35.9 Å². The lowest BCUT2D eigenvalue weighted by Gasteiger charge is -2.10. The Labute approximate surface area is 108 Å². The first-order valence-electron chi connectivity index (χ1n) is 5.76. The summed E-state index contributed by atoms with van der Waals surface area (Å²) in [5.74, 6) is 0.